The monoisotopic (exact) mass is 154 g/mol. The zero-order valence-electron chi connectivity index (χ0n) is 7.22. The maximum atomic E-state index is 5.43. The molecule has 2 fully saturated rings. The zero-order chi connectivity index (χ0) is 7.84. The molecular formula is C9H18N2. The highest BCUT2D eigenvalue weighted by Crippen LogP contribution is 2.49. The maximum absolute atomic E-state index is 5.43. The molecule has 0 aromatic heterocycles. The second kappa shape index (κ2) is 2.76. The first kappa shape index (κ1) is 7.56. The second-order valence-electron chi connectivity index (χ2n) is 4.29. The van der Waals surface area contributed by atoms with Crippen LogP contribution in [0.1, 0.15) is 32.6 Å². The Morgan fingerprint density at radius 2 is 2.18 bits per heavy atom. The van der Waals surface area contributed by atoms with Crippen LogP contribution in [0.25, 0.3) is 0 Å². The van der Waals surface area contributed by atoms with Crippen LogP contribution in [0.5, 0.6) is 0 Å². The first-order valence-electron chi connectivity index (χ1n) is 4.77. The Balaban J connectivity index is 1.96. The van der Waals surface area contributed by atoms with Crippen molar-refractivity contribution in [2.45, 2.75) is 38.6 Å². The van der Waals surface area contributed by atoms with E-state index in [1.54, 1.807) is 0 Å². The Morgan fingerprint density at radius 3 is 2.64 bits per heavy atom. The minimum Gasteiger partial charge on any atom is -0.271 e. The van der Waals surface area contributed by atoms with Gasteiger partial charge in [0.2, 0.25) is 0 Å². The van der Waals surface area contributed by atoms with Crippen LogP contribution in [0, 0.1) is 17.8 Å². The van der Waals surface area contributed by atoms with Gasteiger partial charge in [-0.05, 0) is 43.9 Å². The summed E-state index contributed by atoms with van der Waals surface area (Å²) in [7, 11) is 0. The average Bonchev–Trinajstić information content (AvgIpc) is 2.62. The number of nitrogens with one attached hydrogen (secondary N) is 1. The summed E-state index contributed by atoms with van der Waals surface area (Å²) in [6, 6.07) is 0.533. The van der Waals surface area contributed by atoms with Crippen LogP contribution in [0.4, 0.5) is 0 Å². The molecule has 0 saturated heterocycles. The number of fused-ring (bicyclic) bond motifs is 2. The Morgan fingerprint density at radius 1 is 1.36 bits per heavy atom. The van der Waals surface area contributed by atoms with Gasteiger partial charge in [0.15, 0.2) is 0 Å². The van der Waals surface area contributed by atoms with Gasteiger partial charge in [-0.1, -0.05) is 6.42 Å². The van der Waals surface area contributed by atoms with E-state index in [1.165, 1.54) is 25.7 Å². The third-order valence-corrected chi connectivity index (χ3v) is 3.70. The highest BCUT2D eigenvalue weighted by atomic mass is 15.2. The Bertz CT molecular complexity index is 146. The van der Waals surface area contributed by atoms with Crippen LogP contribution in [0.15, 0.2) is 0 Å². The molecule has 0 spiro atoms. The lowest BCUT2D eigenvalue weighted by Crippen LogP contribution is -2.40. The van der Waals surface area contributed by atoms with Gasteiger partial charge in [0.05, 0.1) is 0 Å². The van der Waals surface area contributed by atoms with E-state index in [0.29, 0.717) is 6.04 Å². The van der Waals surface area contributed by atoms with Crippen molar-refractivity contribution in [3.8, 4) is 0 Å². The Labute approximate surface area is 68.5 Å². The van der Waals surface area contributed by atoms with Crippen molar-refractivity contribution in [2.24, 2.45) is 23.6 Å². The summed E-state index contributed by atoms with van der Waals surface area (Å²) < 4.78 is 0. The van der Waals surface area contributed by atoms with Gasteiger partial charge < -0.3 is 0 Å². The summed E-state index contributed by atoms with van der Waals surface area (Å²) in [5, 5.41) is 0. The van der Waals surface area contributed by atoms with E-state index >= 15 is 0 Å². The molecule has 2 nitrogen and oxygen atoms in total. The van der Waals surface area contributed by atoms with Crippen molar-refractivity contribution in [1.29, 1.82) is 0 Å². The van der Waals surface area contributed by atoms with Crippen molar-refractivity contribution in [3.63, 3.8) is 0 Å². The molecule has 0 aliphatic heterocycles. The van der Waals surface area contributed by atoms with E-state index < -0.39 is 0 Å². The van der Waals surface area contributed by atoms with Crippen LogP contribution in [0.3, 0.4) is 0 Å². The summed E-state index contributed by atoms with van der Waals surface area (Å²) in [5.41, 5.74) is 2.89. The summed E-state index contributed by atoms with van der Waals surface area (Å²) in [5.74, 6) is 8.34. The van der Waals surface area contributed by atoms with Crippen molar-refractivity contribution in [2.75, 3.05) is 0 Å². The van der Waals surface area contributed by atoms with E-state index in [-0.39, 0.29) is 0 Å². The van der Waals surface area contributed by atoms with E-state index in [1.807, 2.05) is 0 Å². The topological polar surface area (TPSA) is 38.0 Å². The van der Waals surface area contributed by atoms with Gasteiger partial charge in [0, 0.05) is 6.04 Å². The molecule has 64 valence electrons. The minimum absolute atomic E-state index is 0.533. The first-order valence-corrected chi connectivity index (χ1v) is 4.77. The maximum Gasteiger partial charge on any atom is 0.0213 e. The fraction of sp³-hybridized carbons (Fsp3) is 1.00. The average molecular weight is 154 g/mol. The summed E-state index contributed by atoms with van der Waals surface area (Å²) >= 11 is 0. The van der Waals surface area contributed by atoms with Gasteiger partial charge in [-0.2, -0.15) is 0 Å². The number of nitrogens with two attached hydrogens (primary N) is 1. The van der Waals surface area contributed by atoms with Crippen LogP contribution in [-0.2, 0) is 0 Å². The fourth-order valence-corrected chi connectivity index (χ4v) is 3.03. The van der Waals surface area contributed by atoms with E-state index in [2.05, 4.69) is 12.3 Å². The van der Waals surface area contributed by atoms with Gasteiger partial charge >= 0.3 is 0 Å². The van der Waals surface area contributed by atoms with E-state index in [4.69, 9.17) is 5.84 Å². The third kappa shape index (κ3) is 1.18. The lowest BCUT2D eigenvalue weighted by molar-refractivity contribution is 0.262. The lowest BCUT2D eigenvalue weighted by Gasteiger charge is -2.26. The van der Waals surface area contributed by atoms with E-state index in [9.17, 15) is 0 Å². The molecule has 2 aliphatic carbocycles. The molecule has 4 atom stereocenters. The smallest absolute Gasteiger partial charge is 0.0213 e. The molecule has 0 heterocycles. The molecule has 2 aliphatic rings. The molecule has 2 rings (SSSR count). The molecule has 0 aromatic carbocycles. The van der Waals surface area contributed by atoms with Crippen LogP contribution in [-0.4, -0.2) is 6.04 Å². The lowest BCUT2D eigenvalue weighted by atomic mass is 9.84. The van der Waals surface area contributed by atoms with E-state index in [0.717, 1.165) is 17.8 Å². The van der Waals surface area contributed by atoms with Crippen LogP contribution < -0.4 is 11.3 Å². The summed E-state index contributed by atoms with van der Waals surface area (Å²) in [6.07, 6.45) is 5.85. The largest absolute Gasteiger partial charge is 0.271 e. The van der Waals surface area contributed by atoms with Gasteiger partial charge in [-0.15, -0.1) is 0 Å². The molecule has 3 N–H and O–H groups in total. The number of hydrogen-bond acceptors (Lipinski definition) is 2. The third-order valence-electron chi connectivity index (χ3n) is 3.70. The van der Waals surface area contributed by atoms with Crippen molar-refractivity contribution in [1.82, 2.24) is 5.43 Å². The van der Waals surface area contributed by atoms with Crippen molar-refractivity contribution in [3.05, 3.63) is 0 Å². The van der Waals surface area contributed by atoms with Gasteiger partial charge in [0.25, 0.3) is 0 Å². The Hall–Kier alpha value is -0.0800. The number of hydrazine groups is 1. The molecule has 2 bridgehead atoms. The highest BCUT2D eigenvalue weighted by molar-refractivity contribution is 4.93. The quantitative estimate of drug-likeness (QED) is 0.464. The Kier molecular flexibility index (Phi) is 1.90. The molecule has 0 radical (unpaired) electrons. The first-order chi connectivity index (χ1) is 5.31. The summed E-state index contributed by atoms with van der Waals surface area (Å²) in [4.78, 5) is 0. The predicted octanol–water partition coefficient (Wildman–Crippen LogP) is 1.27. The number of hydrogen-bond donors (Lipinski definition) is 2. The molecule has 0 aromatic rings. The SMILES string of the molecule is C[C@@H](NN)[C@@H]1C[C@@H]2CC[C@@H]1C2. The van der Waals surface area contributed by atoms with Crippen LogP contribution in [0.2, 0.25) is 0 Å². The molecule has 0 amide bonds. The zero-order valence-corrected chi connectivity index (χ0v) is 7.22. The highest BCUT2D eigenvalue weighted by Gasteiger charge is 2.41. The minimum atomic E-state index is 0.533. The predicted molar refractivity (Wildman–Crippen MR) is 45.7 cm³/mol. The van der Waals surface area contributed by atoms with Gasteiger partial charge in [-0.25, -0.2) is 0 Å². The molecule has 11 heavy (non-hydrogen) atoms. The molecule has 2 saturated carbocycles. The van der Waals surface area contributed by atoms with Crippen molar-refractivity contribution >= 4 is 0 Å². The fourth-order valence-electron chi connectivity index (χ4n) is 3.03. The molecule has 0 unspecified atom stereocenters. The second-order valence-corrected chi connectivity index (χ2v) is 4.29. The molecular weight excluding hydrogens is 136 g/mol. The number of rotatable bonds is 2. The normalized spacial score (nSPS) is 44.7. The summed E-state index contributed by atoms with van der Waals surface area (Å²) in [6.45, 7) is 2.21. The van der Waals surface area contributed by atoms with Gasteiger partial charge in [-0.3, -0.25) is 11.3 Å². The van der Waals surface area contributed by atoms with Crippen molar-refractivity contribution < 1.29 is 0 Å². The van der Waals surface area contributed by atoms with Gasteiger partial charge in [0.1, 0.15) is 0 Å². The molecule has 2 heteroatoms. The van der Waals surface area contributed by atoms with Crippen LogP contribution >= 0.6 is 0 Å². The standard InChI is InChI=1S/C9H18N2/c1-6(11-10)9-5-7-2-3-8(9)4-7/h6-9,11H,2-5,10H2,1H3/t6-,7-,8-,9+/m1/s1.